The first-order valence-corrected chi connectivity index (χ1v) is 12.7. The van der Waals surface area contributed by atoms with Gasteiger partial charge in [0.05, 0.1) is 18.9 Å². The summed E-state index contributed by atoms with van der Waals surface area (Å²) in [7, 11) is 0. The van der Waals surface area contributed by atoms with Crippen molar-refractivity contribution in [1.29, 1.82) is 0 Å². The van der Waals surface area contributed by atoms with Crippen molar-refractivity contribution in [2.75, 3.05) is 68.8 Å². The van der Waals surface area contributed by atoms with Gasteiger partial charge in [-0.1, -0.05) is 43.3 Å². The predicted octanol–water partition coefficient (Wildman–Crippen LogP) is 4.39. The normalized spacial score (nSPS) is 21.0. The van der Waals surface area contributed by atoms with Gasteiger partial charge in [-0.3, -0.25) is 0 Å². The van der Waals surface area contributed by atoms with Crippen molar-refractivity contribution in [1.82, 2.24) is 9.88 Å². The lowest BCUT2D eigenvalue weighted by molar-refractivity contribution is -0.169. The van der Waals surface area contributed by atoms with Gasteiger partial charge in [0.1, 0.15) is 5.82 Å². The number of piperazine rings is 1. The van der Waals surface area contributed by atoms with Crippen LogP contribution >= 0.6 is 0 Å². The van der Waals surface area contributed by atoms with Gasteiger partial charge < -0.3 is 24.2 Å². The monoisotopic (exact) mass is 458 g/mol. The molecule has 6 heteroatoms. The van der Waals surface area contributed by atoms with E-state index in [1.165, 1.54) is 22.0 Å². The summed E-state index contributed by atoms with van der Waals surface area (Å²) in [5.74, 6) is 0.788. The molecule has 0 amide bonds. The Kier molecular flexibility index (Phi) is 5.89. The molecule has 6 nitrogen and oxygen atoms in total. The number of ether oxygens (including phenoxy) is 2. The maximum absolute atomic E-state index is 5.89. The van der Waals surface area contributed by atoms with Gasteiger partial charge in [0, 0.05) is 68.7 Å². The molecule has 4 heterocycles. The Morgan fingerprint density at radius 1 is 0.824 bits per heavy atom. The summed E-state index contributed by atoms with van der Waals surface area (Å²) in [6, 6.07) is 19.8. The lowest BCUT2D eigenvalue weighted by atomic mass is 10.0. The van der Waals surface area contributed by atoms with Crippen molar-refractivity contribution in [3.63, 3.8) is 0 Å². The number of hydrogen-bond donors (Lipinski definition) is 0. The first kappa shape index (κ1) is 21.8. The second kappa shape index (κ2) is 9.17. The Morgan fingerprint density at radius 3 is 2.24 bits per heavy atom. The summed E-state index contributed by atoms with van der Waals surface area (Å²) < 4.78 is 11.8. The van der Waals surface area contributed by atoms with Crippen LogP contribution in [0.3, 0.4) is 0 Å². The third-order valence-corrected chi connectivity index (χ3v) is 7.71. The van der Waals surface area contributed by atoms with Crippen LogP contribution in [0, 0.1) is 0 Å². The smallest absolute Gasteiger partial charge is 0.171 e. The maximum Gasteiger partial charge on any atom is 0.171 e. The second-order valence-electron chi connectivity index (χ2n) is 9.62. The molecule has 0 atom stereocenters. The highest BCUT2D eigenvalue weighted by molar-refractivity contribution is 5.95. The van der Waals surface area contributed by atoms with Gasteiger partial charge >= 0.3 is 0 Å². The number of hydrogen-bond acceptors (Lipinski definition) is 6. The average Bonchev–Trinajstić information content (AvgIpc) is 3.36. The van der Waals surface area contributed by atoms with E-state index in [0.717, 1.165) is 83.4 Å². The first-order chi connectivity index (χ1) is 16.7. The minimum atomic E-state index is -0.329. The molecule has 1 aromatic heterocycles. The number of benzene rings is 2. The summed E-state index contributed by atoms with van der Waals surface area (Å²) in [4.78, 5) is 12.6. The Bertz CT molecular complexity index is 1120. The van der Waals surface area contributed by atoms with Gasteiger partial charge in [0.2, 0.25) is 0 Å². The van der Waals surface area contributed by atoms with Gasteiger partial charge in [-0.05, 0) is 30.1 Å². The molecule has 3 saturated heterocycles. The van der Waals surface area contributed by atoms with E-state index in [0.29, 0.717) is 0 Å². The SMILES string of the molecule is CCN1CCN(c2nc(-c3ccc(N4CCC5(CC4)OCCO5)cc3)cc3ccccc23)CC1. The molecule has 0 N–H and O–H groups in total. The molecular weight excluding hydrogens is 424 g/mol. The zero-order valence-electron chi connectivity index (χ0n) is 20.1. The van der Waals surface area contributed by atoms with Crippen LogP contribution in [-0.2, 0) is 9.47 Å². The molecule has 1 spiro atoms. The molecule has 178 valence electrons. The van der Waals surface area contributed by atoms with E-state index in [1.807, 2.05) is 0 Å². The second-order valence-corrected chi connectivity index (χ2v) is 9.62. The lowest BCUT2D eigenvalue weighted by Crippen LogP contribution is -2.46. The highest BCUT2D eigenvalue weighted by Gasteiger charge is 2.39. The van der Waals surface area contributed by atoms with Gasteiger partial charge in [-0.2, -0.15) is 0 Å². The molecule has 3 aliphatic heterocycles. The largest absolute Gasteiger partial charge is 0.371 e. The maximum atomic E-state index is 5.89. The summed E-state index contributed by atoms with van der Waals surface area (Å²) >= 11 is 0. The molecule has 0 aliphatic carbocycles. The van der Waals surface area contributed by atoms with Crippen LogP contribution in [0.1, 0.15) is 19.8 Å². The number of fused-ring (bicyclic) bond motifs is 1. The van der Waals surface area contributed by atoms with Crippen LogP contribution < -0.4 is 9.80 Å². The molecule has 3 aromatic rings. The number of likely N-dealkylation sites (N-methyl/N-ethyl adjacent to an activating group) is 1. The molecular formula is C28H34N4O2. The van der Waals surface area contributed by atoms with Crippen LogP contribution in [0.5, 0.6) is 0 Å². The predicted molar refractivity (Wildman–Crippen MR) is 138 cm³/mol. The molecule has 0 radical (unpaired) electrons. The zero-order chi connectivity index (χ0) is 23.0. The Labute approximate surface area is 202 Å². The Morgan fingerprint density at radius 2 is 1.53 bits per heavy atom. The standard InChI is InChI=1S/C28H34N4O2/c1-2-30-15-17-32(18-16-30)27-25-6-4-3-5-23(25)21-26(29-27)22-7-9-24(10-8-22)31-13-11-28(12-14-31)33-19-20-34-28/h3-10,21H,2,11-20H2,1H3. The summed E-state index contributed by atoms with van der Waals surface area (Å²) in [6.45, 7) is 11.0. The zero-order valence-corrected chi connectivity index (χ0v) is 20.1. The molecule has 3 aliphatic rings. The number of nitrogens with zero attached hydrogens (tertiary/aromatic N) is 4. The van der Waals surface area contributed by atoms with Crippen molar-refractivity contribution in [3.05, 3.63) is 54.6 Å². The highest BCUT2D eigenvalue weighted by Crippen LogP contribution is 2.35. The molecule has 0 unspecified atom stereocenters. The number of pyridine rings is 1. The minimum Gasteiger partial charge on any atom is -0.371 e. The van der Waals surface area contributed by atoms with Crippen LogP contribution in [0.15, 0.2) is 54.6 Å². The van der Waals surface area contributed by atoms with E-state index < -0.39 is 0 Å². The average molecular weight is 459 g/mol. The van der Waals surface area contributed by atoms with E-state index in [9.17, 15) is 0 Å². The molecule has 34 heavy (non-hydrogen) atoms. The summed E-state index contributed by atoms with van der Waals surface area (Å²) in [5, 5.41) is 2.49. The third kappa shape index (κ3) is 4.15. The summed E-state index contributed by atoms with van der Waals surface area (Å²) in [5.41, 5.74) is 3.47. The fraction of sp³-hybridized carbons (Fsp3) is 0.464. The van der Waals surface area contributed by atoms with Crippen molar-refractivity contribution in [2.24, 2.45) is 0 Å². The quantitative estimate of drug-likeness (QED) is 0.578. The van der Waals surface area contributed by atoms with E-state index in [4.69, 9.17) is 14.5 Å². The molecule has 2 aromatic carbocycles. The highest BCUT2D eigenvalue weighted by atomic mass is 16.7. The third-order valence-electron chi connectivity index (χ3n) is 7.71. The molecule has 0 bridgehead atoms. The van der Waals surface area contributed by atoms with Crippen LogP contribution in [-0.4, -0.2) is 74.7 Å². The van der Waals surface area contributed by atoms with Gasteiger partial charge in [-0.15, -0.1) is 0 Å². The topological polar surface area (TPSA) is 41.1 Å². The van der Waals surface area contributed by atoms with Crippen LogP contribution in [0.2, 0.25) is 0 Å². The number of anilines is 2. The Balaban J connectivity index is 1.24. The fourth-order valence-corrected chi connectivity index (χ4v) is 5.58. The van der Waals surface area contributed by atoms with E-state index >= 15 is 0 Å². The fourth-order valence-electron chi connectivity index (χ4n) is 5.58. The molecule has 0 saturated carbocycles. The molecule has 3 fully saturated rings. The minimum absolute atomic E-state index is 0.329. The van der Waals surface area contributed by atoms with Gasteiger partial charge in [0.15, 0.2) is 5.79 Å². The lowest BCUT2D eigenvalue weighted by Gasteiger charge is -2.38. The van der Waals surface area contributed by atoms with Crippen LogP contribution in [0.25, 0.3) is 22.0 Å². The van der Waals surface area contributed by atoms with E-state index in [2.05, 4.69) is 76.2 Å². The van der Waals surface area contributed by atoms with Crippen LogP contribution in [0.4, 0.5) is 11.5 Å². The number of aromatic nitrogens is 1. The van der Waals surface area contributed by atoms with Crippen molar-refractivity contribution in [2.45, 2.75) is 25.6 Å². The van der Waals surface area contributed by atoms with E-state index in [1.54, 1.807) is 0 Å². The molecule has 6 rings (SSSR count). The van der Waals surface area contributed by atoms with Crippen molar-refractivity contribution < 1.29 is 9.47 Å². The van der Waals surface area contributed by atoms with Gasteiger partial charge in [-0.25, -0.2) is 4.98 Å². The van der Waals surface area contributed by atoms with Crippen molar-refractivity contribution >= 4 is 22.3 Å². The summed E-state index contributed by atoms with van der Waals surface area (Å²) in [6.07, 6.45) is 1.85. The number of rotatable bonds is 4. The van der Waals surface area contributed by atoms with Gasteiger partial charge in [0.25, 0.3) is 0 Å². The number of piperidine rings is 1. The Hall–Kier alpha value is -2.67. The first-order valence-electron chi connectivity index (χ1n) is 12.7. The van der Waals surface area contributed by atoms with E-state index in [-0.39, 0.29) is 5.79 Å². The van der Waals surface area contributed by atoms with Crippen molar-refractivity contribution in [3.8, 4) is 11.3 Å².